The smallest absolute Gasteiger partial charge is 0.408 e. The third-order valence-corrected chi connectivity index (χ3v) is 8.77. The van der Waals surface area contributed by atoms with Gasteiger partial charge in [0.2, 0.25) is 23.5 Å². The maximum Gasteiger partial charge on any atom is 0.408 e. The zero-order valence-electron chi connectivity index (χ0n) is 25.6. The number of carbonyl (C=O) groups excluding carboxylic acids is 5. The lowest BCUT2D eigenvalue weighted by molar-refractivity contribution is -0.145. The summed E-state index contributed by atoms with van der Waals surface area (Å²) < 4.78 is 33.4. The molecule has 3 N–H and O–H groups in total. The van der Waals surface area contributed by atoms with E-state index in [1.807, 2.05) is 20.8 Å². The highest BCUT2D eigenvalue weighted by atomic mass is 19.3. The summed E-state index contributed by atoms with van der Waals surface area (Å²) in [6, 6.07) is -3.19. The summed E-state index contributed by atoms with van der Waals surface area (Å²) in [6.07, 6.45) is 0.564. The molecule has 236 valence electrons. The highest BCUT2D eigenvalue weighted by Gasteiger charge is 2.69. The summed E-state index contributed by atoms with van der Waals surface area (Å²) >= 11 is 0. The summed E-state index contributed by atoms with van der Waals surface area (Å²) in [6.45, 7) is 14.7. The molecule has 0 bridgehead atoms. The summed E-state index contributed by atoms with van der Waals surface area (Å²) in [5.41, 5.74) is -1.09. The Morgan fingerprint density at radius 3 is 2.26 bits per heavy atom. The van der Waals surface area contributed by atoms with Gasteiger partial charge in [0.15, 0.2) is 0 Å². The maximum atomic E-state index is 14.1. The molecule has 3 unspecified atom stereocenters. The van der Waals surface area contributed by atoms with Crippen LogP contribution in [0.1, 0.15) is 80.1 Å². The number of alkyl halides is 2. The minimum atomic E-state index is -2.84. The predicted molar refractivity (Wildman–Crippen MR) is 151 cm³/mol. The zero-order chi connectivity index (χ0) is 31.6. The van der Waals surface area contributed by atoms with Crippen LogP contribution in [0.15, 0.2) is 12.7 Å². The van der Waals surface area contributed by atoms with Gasteiger partial charge in [-0.3, -0.25) is 19.2 Å². The lowest BCUT2D eigenvalue weighted by Crippen LogP contribution is -2.60. The highest BCUT2D eigenvalue weighted by molar-refractivity contribution is 6.38. The molecule has 1 saturated heterocycles. The van der Waals surface area contributed by atoms with Crippen molar-refractivity contribution in [2.45, 2.75) is 110 Å². The van der Waals surface area contributed by atoms with E-state index in [0.29, 0.717) is 6.42 Å². The van der Waals surface area contributed by atoms with E-state index in [-0.39, 0.29) is 49.6 Å². The molecule has 1 aliphatic heterocycles. The SMILES string of the molecule is C=CCNC(=O)C(=O)C(CCC)NC(=O)C1[C@@H]2[C@H](CN1C(=O)C(NC(=O)OC(C)(C)C)C1CCC(F)(F)CC1)C2(C)C. The van der Waals surface area contributed by atoms with E-state index in [1.54, 1.807) is 20.8 Å². The number of hydrogen-bond donors (Lipinski definition) is 3. The van der Waals surface area contributed by atoms with Gasteiger partial charge < -0.3 is 25.6 Å². The number of ether oxygens (including phenoxy) is 1. The minimum Gasteiger partial charge on any atom is -0.444 e. The van der Waals surface area contributed by atoms with Crippen molar-refractivity contribution < 1.29 is 37.5 Å². The molecular weight excluding hydrogens is 550 g/mol. The predicted octanol–water partition coefficient (Wildman–Crippen LogP) is 3.34. The molecule has 3 fully saturated rings. The highest BCUT2D eigenvalue weighted by Crippen LogP contribution is 2.65. The van der Waals surface area contributed by atoms with Gasteiger partial charge in [-0.25, -0.2) is 13.6 Å². The number of Topliss-reactive ketones (excluding diaryl/α,β-unsaturated/α-hetero) is 1. The molecule has 2 aliphatic carbocycles. The summed E-state index contributed by atoms with van der Waals surface area (Å²) in [5.74, 6) is -6.33. The van der Waals surface area contributed by atoms with Gasteiger partial charge in [0, 0.05) is 25.9 Å². The standard InChI is InChI=1S/C30H46F2N4O6/c1-8-10-19(23(37)25(39)33-15-9-2)34-24(38)22-20-18(29(20,6)7)16-36(22)26(40)21(35-27(41)42-28(3,4)5)17-11-13-30(31,32)14-12-17/h9,17-22H,2,8,10-16H2,1,3-7H3,(H,33,39)(H,34,38)(H,35,41)/t18-,19?,20-,21?,22?/m0/s1. The number of ketones is 1. The number of hydrogen-bond acceptors (Lipinski definition) is 6. The molecule has 4 amide bonds. The summed E-state index contributed by atoms with van der Waals surface area (Å²) in [5, 5.41) is 7.78. The quantitative estimate of drug-likeness (QED) is 0.248. The molecule has 10 nitrogen and oxygen atoms in total. The lowest BCUT2D eigenvalue weighted by atomic mass is 9.81. The van der Waals surface area contributed by atoms with Crippen LogP contribution < -0.4 is 16.0 Å². The van der Waals surface area contributed by atoms with Gasteiger partial charge in [-0.05, 0) is 63.2 Å². The van der Waals surface area contributed by atoms with Gasteiger partial charge >= 0.3 is 6.09 Å². The van der Waals surface area contributed by atoms with Crippen LogP contribution in [0.2, 0.25) is 0 Å². The average molecular weight is 597 g/mol. The van der Waals surface area contributed by atoms with E-state index in [4.69, 9.17) is 4.74 Å². The van der Waals surface area contributed by atoms with Crippen molar-refractivity contribution in [1.29, 1.82) is 0 Å². The Labute approximate surface area is 246 Å². The first kappa shape index (κ1) is 33.5. The third-order valence-electron chi connectivity index (χ3n) is 8.77. The minimum absolute atomic E-state index is 0.00582. The van der Waals surface area contributed by atoms with E-state index < -0.39 is 78.0 Å². The van der Waals surface area contributed by atoms with Gasteiger partial charge in [0.05, 0.1) is 6.04 Å². The Morgan fingerprint density at radius 1 is 1.10 bits per heavy atom. The molecule has 0 radical (unpaired) electrons. The monoisotopic (exact) mass is 596 g/mol. The maximum absolute atomic E-state index is 14.1. The van der Waals surface area contributed by atoms with E-state index in [9.17, 15) is 32.8 Å². The van der Waals surface area contributed by atoms with Crippen LogP contribution in [0.4, 0.5) is 13.6 Å². The molecule has 0 aromatic carbocycles. The molecule has 12 heteroatoms. The van der Waals surface area contributed by atoms with Crippen molar-refractivity contribution in [3.05, 3.63) is 12.7 Å². The number of carbonyl (C=O) groups is 5. The van der Waals surface area contributed by atoms with Gasteiger partial charge in [-0.15, -0.1) is 6.58 Å². The molecule has 3 aliphatic rings. The Kier molecular flexibility index (Phi) is 10.1. The van der Waals surface area contributed by atoms with Crippen LogP contribution in [0, 0.1) is 23.2 Å². The number of rotatable bonds is 11. The van der Waals surface area contributed by atoms with Crippen molar-refractivity contribution >= 4 is 29.6 Å². The fraction of sp³-hybridized carbons (Fsp3) is 0.767. The second kappa shape index (κ2) is 12.7. The number of alkyl carbamates (subject to hydrolysis) is 1. The molecule has 3 rings (SSSR count). The molecule has 1 heterocycles. The topological polar surface area (TPSA) is 134 Å². The Morgan fingerprint density at radius 2 is 1.71 bits per heavy atom. The van der Waals surface area contributed by atoms with Crippen LogP contribution in [0.25, 0.3) is 0 Å². The van der Waals surface area contributed by atoms with Gasteiger partial charge in [-0.2, -0.15) is 0 Å². The summed E-state index contributed by atoms with van der Waals surface area (Å²) in [7, 11) is 0. The first-order chi connectivity index (χ1) is 19.4. The summed E-state index contributed by atoms with van der Waals surface area (Å²) in [4.78, 5) is 67.3. The van der Waals surface area contributed by atoms with Gasteiger partial charge in [-0.1, -0.05) is 33.3 Å². The van der Waals surface area contributed by atoms with Crippen molar-refractivity contribution in [1.82, 2.24) is 20.9 Å². The fourth-order valence-electron chi connectivity index (χ4n) is 6.43. The first-order valence-electron chi connectivity index (χ1n) is 14.8. The second-order valence-electron chi connectivity index (χ2n) is 13.4. The number of amides is 4. The molecular formula is C30H46F2N4O6. The number of nitrogens with zero attached hydrogens (tertiary/aromatic N) is 1. The lowest BCUT2D eigenvalue weighted by Gasteiger charge is -2.38. The van der Waals surface area contributed by atoms with E-state index in [0.717, 1.165) is 0 Å². The average Bonchev–Trinajstić information content (AvgIpc) is 3.21. The van der Waals surface area contributed by atoms with E-state index in [1.165, 1.54) is 11.0 Å². The van der Waals surface area contributed by atoms with Crippen molar-refractivity contribution in [3.8, 4) is 0 Å². The number of piperidine rings is 1. The van der Waals surface area contributed by atoms with Crippen LogP contribution in [0.3, 0.4) is 0 Å². The first-order valence-corrected chi connectivity index (χ1v) is 14.8. The van der Waals surface area contributed by atoms with Gasteiger partial charge in [0.25, 0.3) is 5.91 Å². The Balaban J connectivity index is 1.86. The number of nitrogens with one attached hydrogen (secondary N) is 3. The normalized spacial score (nSPS) is 25.8. The van der Waals surface area contributed by atoms with Crippen LogP contribution >= 0.6 is 0 Å². The zero-order valence-corrected chi connectivity index (χ0v) is 25.6. The van der Waals surface area contributed by atoms with Crippen LogP contribution in [-0.4, -0.2) is 77.2 Å². The molecule has 5 atom stereocenters. The molecule has 2 saturated carbocycles. The van der Waals surface area contributed by atoms with Crippen molar-refractivity contribution in [2.24, 2.45) is 23.2 Å². The second-order valence-corrected chi connectivity index (χ2v) is 13.4. The number of fused-ring (bicyclic) bond motifs is 1. The molecule has 0 spiro atoms. The Hall–Kier alpha value is -3.05. The Bertz CT molecular complexity index is 1080. The van der Waals surface area contributed by atoms with E-state index >= 15 is 0 Å². The number of likely N-dealkylation sites (tertiary alicyclic amines) is 1. The van der Waals surface area contributed by atoms with E-state index in [2.05, 4.69) is 22.5 Å². The fourth-order valence-corrected chi connectivity index (χ4v) is 6.43. The van der Waals surface area contributed by atoms with Crippen LogP contribution in [-0.2, 0) is 23.9 Å². The number of halogens is 2. The van der Waals surface area contributed by atoms with Gasteiger partial charge in [0.1, 0.15) is 17.7 Å². The van der Waals surface area contributed by atoms with Crippen molar-refractivity contribution in [3.63, 3.8) is 0 Å². The molecule has 0 aromatic rings. The largest absolute Gasteiger partial charge is 0.444 e. The molecule has 0 aromatic heterocycles. The third kappa shape index (κ3) is 7.66. The van der Waals surface area contributed by atoms with Crippen molar-refractivity contribution in [2.75, 3.05) is 13.1 Å². The van der Waals surface area contributed by atoms with Crippen LogP contribution in [0.5, 0.6) is 0 Å². The molecule has 42 heavy (non-hydrogen) atoms.